The third kappa shape index (κ3) is 6.74. The minimum absolute atomic E-state index is 0.0253. The molecule has 9 heteroatoms. The fourth-order valence-electron chi connectivity index (χ4n) is 1.90. The van der Waals surface area contributed by atoms with Crippen LogP contribution in [0.15, 0.2) is 30.3 Å². The van der Waals surface area contributed by atoms with Gasteiger partial charge < -0.3 is 20.9 Å². The van der Waals surface area contributed by atoms with Crippen LogP contribution in [0.25, 0.3) is 0 Å². The summed E-state index contributed by atoms with van der Waals surface area (Å²) in [6.07, 6.45) is -1.28. The zero-order valence-electron chi connectivity index (χ0n) is 12.4. The topological polar surface area (TPSA) is 145 Å². The van der Waals surface area contributed by atoms with Crippen LogP contribution in [0, 0.1) is 10.1 Å². The number of alkyl carbamates (subject to hydrolysis) is 1. The molecule has 1 unspecified atom stereocenters. The van der Waals surface area contributed by atoms with E-state index in [9.17, 15) is 19.7 Å². The molecule has 2 atom stereocenters. The Morgan fingerprint density at radius 1 is 1.35 bits per heavy atom. The van der Waals surface area contributed by atoms with Crippen molar-refractivity contribution >= 4 is 12.1 Å². The normalized spacial score (nSPS) is 12.9. The standard InChI is InChI=1S/C14H19N3O6/c15-7-6-11(17(21)22)8-12(13(18)19)16-14(20)23-9-10-4-2-1-3-5-10/h1-5,11-12H,6-9,15H2,(H,16,20)(H,18,19)/t11?,12-/m0/s1. The Balaban J connectivity index is 2.55. The molecule has 9 nitrogen and oxygen atoms in total. The lowest BCUT2D eigenvalue weighted by Gasteiger charge is -2.16. The summed E-state index contributed by atoms with van der Waals surface area (Å²) in [6, 6.07) is 6.27. The van der Waals surface area contributed by atoms with Gasteiger partial charge in [-0.25, -0.2) is 9.59 Å². The smallest absolute Gasteiger partial charge is 0.408 e. The number of nitrogens with one attached hydrogen (secondary N) is 1. The molecular formula is C14H19N3O6. The Labute approximate surface area is 132 Å². The molecule has 0 aromatic heterocycles. The zero-order valence-corrected chi connectivity index (χ0v) is 12.4. The quantitative estimate of drug-likeness (QED) is 0.448. The number of carbonyl (C=O) groups excluding carboxylic acids is 1. The number of rotatable bonds is 9. The Kier molecular flexibility index (Phi) is 7.48. The largest absolute Gasteiger partial charge is 0.480 e. The van der Waals surface area contributed by atoms with Gasteiger partial charge in [-0.2, -0.15) is 0 Å². The molecule has 0 aliphatic heterocycles. The van der Waals surface area contributed by atoms with Gasteiger partial charge in [-0.05, 0) is 12.1 Å². The van der Waals surface area contributed by atoms with E-state index >= 15 is 0 Å². The van der Waals surface area contributed by atoms with Crippen molar-refractivity contribution in [2.75, 3.05) is 6.54 Å². The highest BCUT2D eigenvalue weighted by Crippen LogP contribution is 2.07. The van der Waals surface area contributed by atoms with Crippen LogP contribution in [0.5, 0.6) is 0 Å². The summed E-state index contributed by atoms with van der Waals surface area (Å²) in [6.45, 7) is 0.0247. The highest BCUT2D eigenvalue weighted by atomic mass is 16.6. The molecule has 1 aromatic carbocycles. The van der Waals surface area contributed by atoms with Crippen molar-refractivity contribution in [3.8, 4) is 0 Å². The molecule has 0 saturated heterocycles. The summed E-state index contributed by atoms with van der Waals surface area (Å²) in [4.78, 5) is 33.1. The van der Waals surface area contributed by atoms with Crippen molar-refractivity contribution in [3.05, 3.63) is 46.0 Å². The van der Waals surface area contributed by atoms with Gasteiger partial charge in [0.15, 0.2) is 0 Å². The SMILES string of the molecule is NCCC(C[C@H](NC(=O)OCc1ccccc1)C(=O)O)[N+](=O)[O-]. The molecule has 0 aliphatic carbocycles. The molecule has 126 valence electrons. The number of carboxylic acids is 1. The molecule has 0 fully saturated rings. The van der Waals surface area contributed by atoms with Crippen molar-refractivity contribution in [1.82, 2.24) is 5.32 Å². The first-order valence-electron chi connectivity index (χ1n) is 6.97. The number of hydrogen-bond acceptors (Lipinski definition) is 6. The van der Waals surface area contributed by atoms with E-state index in [1.165, 1.54) is 0 Å². The Morgan fingerprint density at radius 2 is 2.00 bits per heavy atom. The van der Waals surface area contributed by atoms with Crippen LogP contribution < -0.4 is 11.1 Å². The second-order valence-corrected chi connectivity index (χ2v) is 4.85. The predicted octanol–water partition coefficient (Wildman–Crippen LogP) is 0.750. The van der Waals surface area contributed by atoms with E-state index in [1.54, 1.807) is 30.3 Å². The summed E-state index contributed by atoms with van der Waals surface area (Å²) < 4.78 is 4.90. The third-order valence-corrected chi connectivity index (χ3v) is 3.11. The number of hydrogen-bond donors (Lipinski definition) is 3. The van der Waals surface area contributed by atoms with Crippen LogP contribution in [0.2, 0.25) is 0 Å². The van der Waals surface area contributed by atoms with E-state index in [-0.39, 0.29) is 26.0 Å². The van der Waals surface area contributed by atoms with E-state index in [4.69, 9.17) is 15.6 Å². The number of nitro groups is 1. The third-order valence-electron chi connectivity index (χ3n) is 3.11. The van der Waals surface area contributed by atoms with Gasteiger partial charge in [0.1, 0.15) is 12.6 Å². The van der Waals surface area contributed by atoms with Crippen LogP contribution in [-0.2, 0) is 16.1 Å². The molecule has 1 rings (SSSR count). The molecule has 0 heterocycles. The van der Waals surface area contributed by atoms with Crippen molar-refractivity contribution in [2.24, 2.45) is 5.73 Å². The molecule has 4 N–H and O–H groups in total. The fourth-order valence-corrected chi connectivity index (χ4v) is 1.90. The summed E-state index contributed by atoms with van der Waals surface area (Å²) >= 11 is 0. The van der Waals surface area contributed by atoms with Crippen LogP contribution >= 0.6 is 0 Å². The van der Waals surface area contributed by atoms with Crippen LogP contribution in [0.4, 0.5) is 4.79 Å². The number of aliphatic carboxylic acids is 1. The Bertz CT molecular complexity index is 537. The molecular weight excluding hydrogens is 306 g/mol. The number of amides is 1. The first kappa shape index (κ1) is 18.4. The number of ether oxygens (including phenoxy) is 1. The Morgan fingerprint density at radius 3 is 2.52 bits per heavy atom. The molecule has 0 spiro atoms. The number of nitrogens with two attached hydrogens (primary N) is 1. The minimum atomic E-state index is -1.42. The average Bonchev–Trinajstić information content (AvgIpc) is 2.52. The van der Waals surface area contributed by atoms with E-state index in [0.29, 0.717) is 0 Å². The van der Waals surface area contributed by atoms with Gasteiger partial charge in [0.2, 0.25) is 6.04 Å². The monoisotopic (exact) mass is 325 g/mol. The van der Waals surface area contributed by atoms with Gasteiger partial charge in [0, 0.05) is 17.8 Å². The molecule has 1 amide bonds. The molecule has 0 saturated carbocycles. The maximum Gasteiger partial charge on any atom is 0.408 e. The maximum absolute atomic E-state index is 11.6. The van der Waals surface area contributed by atoms with E-state index < -0.39 is 29.1 Å². The van der Waals surface area contributed by atoms with Gasteiger partial charge in [0.05, 0.1) is 0 Å². The van der Waals surface area contributed by atoms with Crippen molar-refractivity contribution in [3.63, 3.8) is 0 Å². The van der Waals surface area contributed by atoms with E-state index in [0.717, 1.165) is 5.56 Å². The van der Waals surface area contributed by atoms with E-state index in [1.807, 2.05) is 0 Å². The number of nitrogens with zero attached hydrogens (tertiary/aromatic N) is 1. The van der Waals surface area contributed by atoms with Gasteiger partial charge in [0.25, 0.3) is 0 Å². The highest BCUT2D eigenvalue weighted by molar-refractivity contribution is 5.79. The summed E-state index contributed by atoms with van der Waals surface area (Å²) in [5.41, 5.74) is 6.01. The zero-order chi connectivity index (χ0) is 17.2. The molecule has 1 aromatic rings. The second kappa shape index (κ2) is 9.36. The van der Waals surface area contributed by atoms with Crippen LogP contribution in [0.3, 0.4) is 0 Å². The van der Waals surface area contributed by atoms with Gasteiger partial charge >= 0.3 is 12.1 Å². The highest BCUT2D eigenvalue weighted by Gasteiger charge is 2.30. The van der Waals surface area contributed by atoms with Gasteiger partial charge in [-0.3, -0.25) is 10.1 Å². The summed E-state index contributed by atoms with van der Waals surface area (Å²) in [5, 5.41) is 22.1. The number of carbonyl (C=O) groups is 2. The molecule has 0 radical (unpaired) electrons. The lowest BCUT2D eigenvalue weighted by molar-refractivity contribution is -0.524. The number of carboxylic acid groups (broad SMARTS) is 1. The molecule has 23 heavy (non-hydrogen) atoms. The van der Waals surface area contributed by atoms with E-state index in [2.05, 4.69) is 5.32 Å². The first-order chi connectivity index (χ1) is 10.9. The fraction of sp³-hybridized carbons (Fsp3) is 0.429. The van der Waals surface area contributed by atoms with Crippen LogP contribution in [0.1, 0.15) is 18.4 Å². The predicted molar refractivity (Wildman–Crippen MR) is 80.3 cm³/mol. The summed E-state index contributed by atoms with van der Waals surface area (Å²) in [5.74, 6) is -1.37. The van der Waals surface area contributed by atoms with Gasteiger partial charge in [-0.15, -0.1) is 0 Å². The molecule has 0 bridgehead atoms. The first-order valence-corrected chi connectivity index (χ1v) is 6.97. The van der Waals surface area contributed by atoms with Crippen molar-refractivity contribution in [2.45, 2.75) is 31.5 Å². The maximum atomic E-state index is 11.6. The lowest BCUT2D eigenvalue weighted by Crippen LogP contribution is -2.44. The minimum Gasteiger partial charge on any atom is -0.480 e. The average molecular weight is 325 g/mol. The number of benzene rings is 1. The van der Waals surface area contributed by atoms with Gasteiger partial charge in [-0.1, -0.05) is 30.3 Å². The lowest BCUT2D eigenvalue weighted by atomic mass is 10.1. The molecule has 0 aliphatic rings. The summed E-state index contributed by atoms with van der Waals surface area (Å²) in [7, 11) is 0. The Hall–Kier alpha value is -2.68. The van der Waals surface area contributed by atoms with Crippen molar-refractivity contribution < 1.29 is 24.4 Å². The van der Waals surface area contributed by atoms with Crippen molar-refractivity contribution in [1.29, 1.82) is 0 Å². The second-order valence-electron chi connectivity index (χ2n) is 4.85. The van der Waals surface area contributed by atoms with Crippen LogP contribution in [-0.4, -0.2) is 40.7 Å².